The molecule has 2 rings (SSSR count). The summed E-state index contributed by atoms with van der Waals surface area (Å²) in [4.78, 5) is 13.0. The molecule has 1 aromatic rings. The Bertz CT molecular complexity index is 360. The molecular formula is C12H19ClN4O. The first-order valence-electron chi connectivity index (χ1n) is 6.30. The molecule has 0 amide bonds. The predicted molar refractivity (Wildman–Crippen MR) is 70.5 cm³/mol. The lowest BCUT2D eigenvalue weighted by Crippen LogP contribution is -2.32. The van der Waals surface area contributed by atoms with Crippen LogP contribution in [0, 0.1) is 0 Å². The van der Waals surface area contributed by atoms with Crippen LogP contribution >= 0.6 is 11.6 Å². The topological polar surface area (TPSA) is 52.5 Å². The second kappa shape index (κ2) is 6.99. The van der Waals surface area contributed by atoms with Gasteiger partial charge < -0.3 is 5.11 Å². The first-order chi connectivity index (χ1) is 8.78. The van der Waals surface area contributed by atoms with Gasteiger partial charge in [0.2, 0.25) is 0 Å². The van der Waals surface area contributed by atoms with E-state index in [9.17, 15) is 0 Å². The molecule has 0 saturated carbocycles. The summed E-state index contributed by atoms with van der Waals surface area (Å²) in [6.45, 7) is 5.95. The number of rotatable bonds is 4. The van der Waals surface area contributed by atoms with Crippen molar-refractivity contribution in [3.8, 4) is 0 Å². The number of nitrogens with zero attached hydrogens (tertiary/aromatic N) is 4. The number of hydrogen-bond acceptors (Lipinski definition) is 5. The predicted octanol–water partition coefficient (Wildman–Crippen LogP) is 0.630. The molecule has 1 saturated heterocycles. The molecule has 1 aliphatic rings. The minimum atomic E-state index is 0.239. The highest BCUT2D eigenvalue weighted by Gasteiger charge is 2.14. The monoisotopic (exact) mass is 270 g/mol. The summed E-state index contributed by atoms with van der Waals surface area (Å²) in [5.74, 6) is 0. The van der Waals surface area contributed by atoms with Gasteiger partial charge in [0.25, 0.3) is 0 Å². The number of aliphatic hydroxyl groups is 1. The molecule has 0 aliphatic carbocycles. The Morgan fingerprint density at radius 1 is 1.11 bits per heavy atom. The Morgan fingerprint density at radius 2 is 1.89 bits per heavy atom. The second-order valence-electron chi connectivity index (χ2n) is 4.53. The van der Waals surface area contributed by atoms with E-state index in [1.165, 1.54) is 0 Å². The Kier molecular flexibility index (Phi) is 5.31. The summed E-state index contributed by atoms with van der Waals surface area (Å²) in [6.07, 6.45) is 4.45. The van der Waals surface area contributed by atoms with Crippen molar-refractivity contribution in [2.45, 2.75) is 13.0 Å². The molecule has 18 heavy (non-hydrogen) atoms. The molecule has 0 spiro atoms. The molecule has 1 aromatic heterocycles. The van der Waals surface area contributed by atoms with Crippen LogP contribution in [-0.4, -0.2) is 64.2 Å². The van der Waals surface area contributed by atoms with Gasteiger partial charge in [-0.2, -0.15) is 0 Å². The smallest absolute Gasteiger partial charge is 0.147 e. The number of halogens is 1. The lowest BCUT2D eigenvalue weighted by molar-refractivity contribution is 0.195. The van der Waals surface area contributed by atoms with E-state index in [4.69, 9.17) is 16.7 Å². The van der Waals surface area contributed by atoms with Crippen molar-refractivity contribution in [3.05, 3.63) is 23.2 Å². The molecule has 0 bridgehead atoms. The fourth-order valence-electron chi connectivity index (χ4n) is 2.20. The number of aliphatic hydroxyl groups excluding tert-OH is 1. The van der Waals surface area contributed by atoms with Crippen molar-refractivity contribution in [1.29, 1.82) is 0 Å². The largest absolute Gasteiger partial charge is 0.395 e. The van der Waals surface area contributed by atoms with E-state index in [1.807, 2.05) is 0 Å². The molecule has 1 fully saturated rings. The fourth-order valence-corrected chi connectivity index (χ4v) is 2.29. The molecule has 2 heterocycles. The zero-order valence-corrected chi connectivity index (χ0v) is 11.2. The summed E-state index contributed by atoms with van der Waals surface area (Å²) in [5.41, 5.74) is 0.954. The maximum atomic E-state index is 8.95. The quantitative estimate of drug-likeness (QED) is 0.870. The van der Waals surface area contributed by atoms with Crippen molar-refractivity contribution in [1.82, 2.24) is 19.8 Å². The van der Waals surface area contributed by atoms with Gasteiger partial charge in [0, 0.05) is 26.2 Å². The van der Waals surface area contributed by atoms with E-state index in [1.54, 1.807) is 12.4 Å². The summed E-state index contributed by atoms with van der Waals surface area (Å²) < 4.78 is 0. The standard InChI is InChI=1S/C12H19ClN4O/c13-12-9-14-11(8-15-12)10-17-3-1-2-16(4-5-17)6-7-18/h8-9,18H,1-7,10H2. The molecular weight excluding hydrogens is 252 g/mol. The van der Waals surface area contributed by atoms with Crippen molar-refractivity contribution >= 4 is 11.6 Å². The van der Waals surface area contributed by atoms with Crippen LogP contribution < -0.4 is 0 Å². The molecule has 5 nitrogen and oxygen atoms in total. The van der Waals surface area contributed by atoms with Crippen LogP contribution in [0.4, 0.5) is 0 Å². The minimum absolute atomic E-state index is 0.239. The average molecular weight is 271 g/mol. The zero-order chi connectivity index (χ0) is 12.8. The van der Waals surface area contributed by atoms with E-state index < -0.39 is 0 Å². The highest BCUT2D eigenvalue weighted by atomic mass is 35.5. The highest BCUT2D eigenvalue weighted by Crippen LogP contribution is 2.08. The van der Waals surface area contributed by atoms with Crippen molar-refractivity contribution < 1.29 is 5.11 Å². The van der Waals surface area contributed by atoms with E-state index in [2.05, 4.69) is 19.8 Å². The molecule has 0 radical (unpaired) electrons. The second-order valence-corrected chi connectivity index (χ2v) is 4.91. The number of hydrogen-bond donors (Lipinski definition) is 1. The van der Waals surface area contributed by atoms with Gasteiger partial charge in [-0.1, -0.05) is 11.6 Å². The van der Waals surface area contributed by atoms with Crippen LogP contribution in [0.15, 0.2) is 12.4 Å². The minimum Gasteiger partial charge on any atom is -0.395 e. The molecule has 6 heteroatoms. The summed E-state index contributed by atoms with van der Waals surface area (Å²) in [6, 6.07) is 0. The normalized spacial score (nSPS) is 18.8. The zero-order valence-electron chi connectivity index (χ0n) is 10.4. The van der Waals surface area contributed by atoms with Gasteiger partial charge in [0.15, 0.2) is 0 Å². The Hall–Kier alpha value is -0.750. The lowest BCUT2D eigenvalue weighted by atomic mass is 10.3. The van der Waals surface area contributed by atoms with E-state index >= 15 is 0 Å². The fraction of sp³-hybridized carbons (Fsp3) is 0.667. The van der Waals surface area contributed by atoms with Crippen LogP contribution in [-0.2, 0) is 6.54 Å². The van der Waals surface area contributed by atoms with Gasteiger partial charge in [0.1, 0.15) is 5.15 Å². The third-order valence-corrected chi connectivity index (χ3v) is 3.35. The first kappa shape index (κ1) is 13.7. The van der Waals surface area contributed by atoms with Gasteiger partial charge in [0.05, 0.1) is 24.7 Å². The number of aromatic nitrogens is 2. The maximum Gasteiger partial charge on any atom is 0.147 e. The van der Waals surface area contributed by atoms with Crippen molar-refractivity contribution in [2.75, 3.05) is 39.3 Å². The summed E-state index contributed by atoms with van der Waals surface area (Å²) in [5, 5.41) is 9.39. The molecule has 1 N–H and O–H groups in total. The van der Waals surface area contributed by atoms with Gasteiger partial charge in [-0.05, 0) is 19.5 Å². The first-order valence-corrected chi connectivity index (χ1v) is 6.68. The van der Waals surface area contributed by atoms with E-state index in [-0.39, 0.29) is 6.61 Å². The van der Waals surface area contributed by atoms with Gasteiger partial charge in [-0.15, -0.1) is 0 Å². The maximum absolute atomic E-state index is 8.95. The molecule has 0 unspecified atom stereocenters. The van der Waals surface area contributed by atoms with Crippen molar-refractivity contribution in [2.24, 2.45) is 0 Å². The van der Waals surface area contributed by atoms with Gasteiger partial charge in [-0.25, -0.2) is 4.98 Å². The van der Waals surface area contributed by atoms with Crippen LogP contribution in [0.5, 0.6) is 0 Å². The van der Waals surface area contributed by atoms with Crippen LogP contribution in [0.25, 0.3) is 0 Å². The molecule has 0 aromatic carbocycles. The summed E-state index contributed by atoms with van der Waals surface area (Å²) in [7, 11) is 0. The van der Waals surface area contributed by atoms with Crippen LogP contribution in [0.1, 0.15) is 12.1 Å². The van der Waals surface area contributed by atoms with Crippen LogP contribution in [0.3, 0.4) is 0 Å². The highest BCUT2D eigenvalue weighted by molar-refractivity contribution is 6.29. The van der Waals surface area contributed by atoms with Gasteiger partial charge >= 0.3 is 0 Å². The van der Waals surface area contributed by atoms with Gasteiger partial charge in [-0.3, -0.25) is 14.8 Å². The Labute approximate surface area is 112 Å². The molecule has 0 atom stereocenters. The van der Waals surface area contributed by atoms with Crippen molar-refractivity contribution in [3.63, 3.8) is 0 Å². The van der Waals surface area contributed by atoms with E-state index in [0.717, 1.165) is 51.4 Å². The SMILES string of the molecule is OCCN1CCCN(Cc2cnc(Cl)cn2)CC1. The van der Waals surface area contributed by atoms with E-state index in [0.29, 0.717) is 5.15 Å². The summed E-state index contributed by atoms with van der Waals surface area (Å²) >= 11 is 5.72. The molecule has 100 valence electrons. The number of β-amino-alcohol motifs (C(OH)–C–C–N with tert-alkyl or cyclic N) is 1. The lowest BCUT2D eigenvalue weighted by Gasteiger charge is -2.20. The Morgan fingerprint density at radius 3 is 2.61 bits per heavy atom. The third-order valence-electron chi connectivity index (χ3n) is 3.16. The van der Waals surface area contributed by atoms with Crippen LogP contribution in [0.2, 0.25) is 5.15 Å². The average Bonchev–Trinajstić information content (AvgIpc) is 2.59. The Balaban J connectivity index is 1.84. The molecule has 1 aliphatic heterocycles. The third kappa shape index (κ3) is 4.17.